The van der Waals surface area contributed by atoms with Gasteiger partial charge in [0.1, 0.15) is 5.75 Å². The second kappa shape index (κ2) is 4.84. The van der Waals surface area contributed by atoms with Crippen LogP contribution in [0.2, 0.25) is 0 Å². The average Bonchev–Trinajstić information content (AvgIpc) is 2.18. The minimum Gasteiger partial charge on any atom is -0.497 e. The molecule has 0 saturated heterocycles. The maximum atomic E-state index is 9.60. The van der Waals surface area contributed by atoms with Crippen molar-refractivity contribution in [2.45, 2.75) is 12.5 Å². The van der Waals surface area contributed by atoms with Gasteiger partial charge in [-0.25, -0.2) is 0 Å². The monoisotopic (exact) mass is 181 g/mol. The van der Waals surface area contributed by atoms with E-state index in [1.54, 1.807) is 7.11 Å². The summed E-state index contributed by atoms with van der Waals surface area (Å²) in [5, 5.41) is 9.60. The molecule has 0 heterocycles. The van der Waals surface area contributed by atoms with Crippen LogP contribution in [0.25, 0.3) is 0 Å². The molecule has 3 nitrogen and oxygen atoms in total. The fourth-order valence-corrected chi connectivity index (χ4v) is 1.17. The molecule has 3 N–H and O–H groups in total. The predicted molar refractivity (Wildman–Crippen MR) is 51.6 cm³/mol. The molecule has 0 spiro atoms. The van der Waals surface area contributed by atoms with Gasteiger partial charge < -0.3 is 15.6 Å². The fourth-order valence-electron chi connectivity index (χ4n) is 1.17. The Kier molecular flexibility index (Phi) is 3.73. The number of aliphatic hydroxyl groups is 1. The molecule has 1 rings (SSSR count). The number of hydrogen-bond donors (Lipinski definition) is 2. The third-order valence-electron chi connectivity index (χ3n) is 1.92. The molecule has 0 aliphatic rings. The molecular formula is C10H15NO2. The van der Waals surface area contributed by atoms with E-state index < -0.39 is 6.10 Å². The molecule has 0 saturated carbocycles. The molecule has 0 aliphatic carbocycles. The Morgan fingerprint density at radius 3 is 2.92 bits per heavy atom. The van der Waals surface area contributed by atoms with Crippen LogP contribution in [0.15, 0.2) is 24.3 Å². The van der Waals surface area contributed by atoms with E-state index in [2.05, 4.69) is 0 Å². The van der Waals surface area contributed by atoms with Crippen LogP contribution < -0.4 is 10.5 Å². The molecule has 0 amide bonds. The van der Waals surface area contributed by atoms with Gasteiger partial charge >= 0.3 is 0 Å². The summed E-state index contributed by atoms with van der Waals surface area (Å²) in [6.45, 7) is 0.485. The Hall–Kier alpha value is -1.06. The second-order valence-electron chi connectivity index (χ2n) is 2.87. The van der Waals surface area contributed by atoms with Crippen LogP contribution >= 0.6 is 0 Å². The van der Waals surface area contributed by atoms with Gasteiger partial charge in [-0.05, 0) is 30.7 Å². The van der Waals surface area contributed by atoms with Crippen molar-refractivity contribution in [3.05, 3.63) is 29.8 Å². The number of methoxy groups -OCH3 is 1. The first-order valence-electron chi connectivity index (χ1n) is 4.30. The molecule has 1 aromatic carbocycles. The highest BCUT2D eigenvalue weighted by atomic mass is 16.5. The van der Waals surface area contributed by atoms with Crippen LogP contribution in [0.1, 0.15) is 18.1 Å². The van der Waals surface area contributed by atoms with Gasteiger partial charge in [0, 0.05) is 0 Å². The van der Waals surface area contributed by atoms with Crippen molar-refractivity contribution in [2.75, 3.05) is 13.7 Å². The summed E-state index contributed by atoms with van der Waals surface area (Å²) in [4.78, 5) is 0. The summed E-state index contributed by atoms with van der Waals surface area (Å²) in [5.41, 5.74) is 6.20. The van der Waals surface area contributed by atoms with Crippen molar-refractivity contribution in [3.8, 4) is 5.75 Å². The first-order valence-corrected chi connectivity index (χ1v) is 4.30. The van der Waals surface area contributed by atoms with Crippen molar-refractivity contribution < 1.29 is 9.84 Å². The van der Waals surface area contributed by atoms with Gasteiger partial charge in [0.15, 0.2) is 0 Å². The van der Waals surface area contributed by atoms with Crippen molar-refractivity contribution in [3.63, 3.8) is 0 Å². The summed E-state index contributed by atoms with van der Waals surface area (Å²) >= 11 is 0. The van der Waals surface area contributed by atoms with E-state index in [1.807, 2.05) is 24.3 Å². The Morgan fingerprint density at radius 1 is 1.54 bits per heavy atom. The maximum absolute atomic E-state index is 9.60. The van der Waals surface area contributed by atoms with E-state index in [-0.39, 0.29) is 0 Å². The van der Waals surface area contributed by atoms with Crippen LogP contribution in [0.5, 0.6) is 5.75 Å². The molecule has 0 fully saturated rings. The lowest BCUT2D eigenvalue weighted by Gasteiger charge is -2.10. The van der Waals surface area contributed by atoms with Crippen molar-refractivity contribution in [2.24, 2.45) is 5.73 Å². The van der Waals surface area contributed by atoms with E-state index in [0.717, 1.165) is 11.3 Å². The standard InChI is InChI=1S/C10H15NO2/c1-13-9-4-2-3-8(7-9)10(12)5-6-11/h2-4,7,10,12H,5-6,11H2,1H3/t10-/m1/s1. The van der Waals surface area contributed by atoms with E-state index in [9.17, 15) is 5.11 Å². The molecule has 0 radical (unpaired) electrons. The third-order valence-corrected chi connectivity index (χ3v) is 1.92. The van der Waals surface area contributed by atoms with E-state index in [1.165, 1.54) is 0 Å². The van der Waals surface area contributed by atoms with Crippen LogP contribution in [-0.2, 0) is 0 Å². The average molecular weight is 181 g/mol. The zero-order chi connectivity index (χ0) is 9.68. The van der Waals surface area contributed by atoms with Crippen LogP contribution in [0.3, 0.4) is 0 Å². The summed E-state index contributed by atoms with van der Waals surface area (Å²) < 4.78 is 5.04. The lowest BCUT2D eigenvalue weighted by Crippen LogP contribution is -2.06. The van der Waals surface area contributed by atoms with Gasteiger partial charge in [-0.1, -0.05) is 12.1 Å². The van der Waals surface area contributed by atoms with E-state index in [4.69, 9.17) is 10.5 Å². The summed E-state index contributed by atoms with van der Waals surface area (Å²) in [6, 6.07) is 7.38. The number of ether oxygens (including phenoxy) is 1. The van der Waals surface area contributed by atoms with Gasteiger partial charge in [-0.15, -0.1) is 0 Å². The first kappa shape index (κ1) is 10.0. The summed E-state index contributed by atoms with van der Waals surface area (Å²) in [6.07, 6.45) is 0.0905. The molecule has 13 heavy (non-hydrogen) atoms. The number of nitrogens with two attached hydrogens (primary N) is 1. The highest BCUT2D eigenvalue weighted by Crippen LogP contribution is 2.20. The zero-order valence-corrected chi connectivity index (χ0v) is 7.73. The minimum absolute atomic E-state index is 0.485. The predicted octanol–water partition coefficient (Wildman–Crippen LogP) is 1.08. The van der Waals surface area contributed by atoms with Crippen LogP contribution in [0, 0.1) is 0 Å². The summed E-state index contributed by atoms with van der Waals surface area (Å²) in [5.74, 6) is 0.758. The zero-order valence-electron chi connectivity index (χ0n) is 7.73. The van der Waals surface area contributed by atoms with Gasteiger partial charge in [-0.3, -0.25) is 0 Å². The highest BCUT2D eigenvalue weighted by Gasteiger charge is 2.06. The van der Waals surface area contributed by atoms with E-state index >= 15 is 0 Å². The van der Waals surface area contributed by atoms with Crippen LogP contribution in [-0.4, -0.2) is 18.8 Å². The Bertz CT molecular complexity index is 263. The molecule has 0 bridgehead atoms. The van der Waals surface area contributed by atoms with Gasteiger partial charge in [0.25, 0.3) is 0 Å². The molecule has 72 valence electrons. The topological polar surface area (TPSA) is 55.5 Å². The highest BCUT2D eigenvalue weighted by molar-refractivity contribution is 5.29. The van der Waals surface area contributed by atoms with Gasteiger partial charge in [-0.2, -0.15) is 0 Å². The molecular weight excluding hydrogens is 166 g/mol. The fraction of sp³-hybridized carbons (Fsp3) is 0.400. The molecule has 1 aromatic rings. The number of aliphatic hydroxyl groups excluding tert-OH is 1. The largest absolute Gasteiger partial charge is 0.497 e. The molecule has 0 unspecified atom stereocenters. The lowest BCUT2D eigenvalue weighted by molar-refractivity contribution is 0.170. The molecule has 1 atom stereocenters. The maximum Gasteiger partial charge on any atom is 0.119 e. The Balaban J connectivity index is 2.75. The van der Waals surface area contributed by atoms with Gasteiger partial charge in [0.05, 0.1) is 13.2 Å². The second-order valence-corrected chi connectivity index (χ2v) is 2.87. The van der Waals surface area contributed by atoms with Gasteiger partial charge in [0.2, 0.25) is 0 Å². The molecule has 0 aliphatic heterocycles. The van der Waals surface area contributed by atoms with Crippen molar-refractivity contribution >= 4 is 0 Å². The Morgan fingerprint density at radius 2 is 2.31 bits per heavy atom. The number of rotatable bonds is 4. The summed E-state index contributed by atoms with van der Waals surface area (Å²) in [7, 11) is 1.61. The normalized spacial score (nSPS) is 12.5. The number of benzene rings is 1. The quantitative estimate of drug-likeness (QED) is 0.730. The SMILES string of the molecule is COc1cccc([C@H](O)CCN)c1. The molecule has 0 aromatic heterocycles. The molecule has 3 heteroatoms. The minimum atomic E-state index is -0.486. The first-order chi connectivity index (χ1) is 6.27. The lowest BCUT2D eigenvalue weighted by atomic mass is 10.1. The smallest absolute Gasteiger partial charge is 0.119 e. The Labute approximate surface area is 78.1 Å². The van der Waals surface area contributed by atoms with Crippen molar-refractivity contribution in [1.29, 1.82) is 0 Å². The third kappa shape index (κ3) is 2.72. The van der Waals surface area contributed by atoms with Crippen molar-refractivity contribution in [1.82, 2.24) is 0 Å². The van der Waals surface area contributed by atoms with Crippen LogP contribution in [0.4, 0.5) is 0 Å². The van der Waals surface area contributed by atoms with E-state index in [0.29, 0.717) is 13.0 Å². The number of hydrogen-bond acceptors (Lipinski definition) is 3.